The Labute approximate surface area is 756 Å². The van der Waals surface area contributed by atoms with Gasteiger partial charge in [0.2, 0.25) is 17.1 Å². The van der Waals surface area contributed by atoms with E-state index in [2.05, 4.69) is 240 Å². The molecule has 611 valence electrons. The molecule has 18 heteroatoms. The molecule has 0 fully saturated rings. The number of fused-ring (bicyclic) bond motifs is 9. The second-order valence-corrected chi connectivity index (χ2v) is 45.0. The van der Waals surface area contributed by atoms with Gasteiger partial charge in [0.1, 0.15) is 16.1 Å². The van der Waals surface area contributed by atoms with Gasteiger partial charge in [-0.05, 0) is 117 Å². The summed E-state index contributed by atoms with van der Waals surface area (Å²) in [5.41, 5.74) is 17.4. The van der Waals surface area contributed by atoms with Gasteiger partial charge in [-0.3, -0.25) is 0 Å². The van der Waals surface area contributed by atoms with Gasteiger partial charge >= 0.3 is 0 Å². The van der Waals surface area contributed by atoms with Crippen molar-refractivity contribution in [2.24, 2.45) is 5.92 Å². The molecule has 12 aromatic heterocycles. The average molecular weight is 2170 g/mol. The maximum absolute atomic E-state index is 5.96. The van der Waals surface area contributed by atoms with E-state index in [0.29, 0.717) is 23.1 Å². The fourth-order valence-corrected chi connectivity index (χ4v) is 20.1. The Hall–Kier alpha value is -11.9. The first kappa shape index (κ1) is 89.4. The molecule has 0 N–H and O–H groups in total. The molecule has 122 heavy (non-hydrogen) atoms. The molecule has 12 heterocycles. The Bertz CT molecular complexity index is 6410. The molecular formula is C104H87Ir3N9O3Si3-6. The van der Waals surface area contributed by atoms with Crippen LogP contribution in [0.15, 0.2) is 360 Å². The second kappa shape index (κ2) is 41.6. The molecule has 12 nitrogen and oxygen atoms in total. The summed E-state index contributed by atoms with van der Waals surface area (Å²) in [6, 6.07) is 117. The quantitative estimate of drug-likeness (QED) is 0.0797. The number of aromatic nitrogens is 9. The van der Waals surface area contributed by atoms with E-state index in [4.69, 9.17) is 23.2 Å². The van der Waals surface area contributed by atoms with Gasteiger partial charge in [-0.2, -0.15) is 0 Å². The van der Waals surface area contributed by atoms with Crippen LogP contribution < -0.4 is 25.9 Å². The summed E-state index contributed by atoms with van der Waals surface area (Å²) in [4.78, 5) is 40.0. The number of nitrogens with zero attached hydrogens (tertiary/aromatic N) is 9. The molecule has 0 spiro atoms. The molecular weight excluding hydrogens is 2080 g/mol. The van der Waals surface area contributed by atoms with Crippen LogP contribution in [0.3, 0.4) is 0 Å². The van der Waals surface area contributed by atoms with Crippen LogP contribution in [0, 0.1) is 42.3 Å². The molecule has 3 radical (unpaired) electrons. The average Bonchev–Trinajstić information content (AvgIpc) is 1.66. The van der Waals surface area contributed by atoms with Crippen molar-refractivity contribution < 1.29 is 73.6 Å². The summed E-state index contributed by atoms with van der Waals surface area (Å²) in [5.74, 6) is 0.569. The van der Waals surface area contributed by atoms with Crippen molar-refractivity contribution in [3.63, 3.8) is 0 Å². The van der Waals surface area contributed by atoms with Crippen LogP contribution in [-0.2, 0) is 66.7 Å². The van der Waals surface area contributed by atoms with Gasteiger partial charge in [0.15, 0.2) is 0 Å². The van der Waals surface area contributed by atoms with E-state index >= 15 is 0 Å². The van der Waals surface area contributed by atoms with Crippen molar-refractivity contribution in [1.82, 2.24) is 44.9 Å². The van der Waals surface area contributed by atoms with Gasteiger partial charge in [0.05, 0.1) is 24.8 Å². The number of hydrogen-bond donors (Lipinski definition) is 0. The third kappa shape index (κ3) is 21.5. The van der Waals surface area contributed by atoms with Gasteiger partial charge in [-0.1, -0.05) is 225 Å². The summed E-state index contributed by atoms with van der Waals surface area (Å²) in [7, 11) is -4.94. The van der Waals surface area contributed by atoms with Crippen molar-refractivity contribution in [3.05, 3.63) is 389 Å². The number of pyridine rings is 9. The topological polar surface area (TPSA) is 155 Å². The molecule has 0 aliphatic carbocycles. The normalized spacial score (nSPS) is 11.1. The number of hydrogen-bond acceptors (Lipinski definition) is 12. The molecule has 0 atom stereocenters. The van der Waals surface area contributed by atoms with Crippen molar-refractivity contribution in [1.29, 1.82) is 0 Å². The van der Waals surface area contributed by atoms with Crippen LogP contribution in [0.5, 0.6) is 0 Å². The smallest absolute Gasteiger partial charge is 0.216 e. The maximum atomic E-state index is 5.96. The van der Waals surface area contributed by atoms with E-state index < -0.39 is 24.2 Å². The van der Waals surface area contributed by atoms with Crippen LogP contribution >= 0.6 is 0 Å². The Morgan fingerprint density at radius 2 is 0.705 bits per heavy atom. The predicted octanol–water partition coefficient (Wildman–Crippen LogP) is 22.6. The zero-order valence-corrected chi connectivity index (χ0v) is 79.1. The van der Waals surface area contributed by atoms with E-state index in [9.17, 15) is 0 Å². The maximum Gasteiger partial charge on any atom is 0.216 e. The van der Waals surface area contributed by atoms with Gasteiger partial charge in [-0.25, -0.2) is 15.0 Å². The fraction of sp³-hybridized carbons (Fsp3) is 0.106. The van der Waals surface area contributed by atoms with Crippen molar-refractivity contribution in [2.75, 3.05) is 0 Å². The van der Waals surface area contributed by atoms with Crippen LogP contribution in [0.2, 0.25) is 45.8 Å². The monoisotopic (exact) mass is 2170 g/mol. The summed E-state index contributed by atoms with van der Waals surface area (Å²) >= 11 is 0. The van der Waals surface area contributed by atoms with Gasteiger partial charge in [-0.15, -0.1) is 173 Å². The zero-order valence-electron chi connectivity index (χ0n) is 68.9. The third-order valence-corrected chi connectivity index (χ3v) is 29.8. The minimum atomic E-state index is -1.86. The number of rotatable bonds is 13. The van der Waals surface area contributed by atoms with Crippen LogP contribution in [0.25, 0.3) is 134 Å². The van der Waals surface area contributed by atoms with Crippen molar-refractivity contribution >= 4 is 116 Å². The molecule has 0 unspecified atom stereocenters. The minimum Gasteiger partial charge on any atom is -0.486 e. The SMILES string of the molecule is CC(C)Cc1cc(-c2[c-]cc3oc4ncccc4c3c2)ncc1[Si](C)(C)c1ccccc1.C[Si](C)(C)c1ccc(-c2[c-]ccc3c2oc2ncccc23)nc1.C[Si](C)(c1ccccc1)c1ccc(-c2[c-]cc3oc4ncccc4c3c2)nc1.[Ir].[Ir].[Ir].[c-]1ccccc1-c1ccccn1.[c-]1ccccc1-c1ccccn1.[c-]1ccccc1-c1ccccn1. The minimum absolute atomic E-state index is 0. The number of benzene rings is 8. The molecule has 0 aliphatic heterocycles. The van der Waals surface area contributed by atoms with Gasteiger partial charge in [0, 0.05) is 132 Å². The number of furan rings is 3. The van der Waals surface area contributed by atoms with Crippen molar-refractivity contribution in [3.8, 4) is 67.5 Å². The van der Waals surface area contributed by atoms with Gasteiger partial charge < -0.3 is 43.2 Å². The third-order valence-electron chi connectivity index (χ3n) is 20.7. The van der Waals surface area contributed by atoms with Crippen LogP contribution in [-0.4, -0.2) is 69.1 Å². The second-order valence-electron chi connectivity index (χ2n) is 31.1. The first-order valence-electron chi connectivity index (χ1n) is 39.7. The summed E-state index contributed by atoms with van der Waals surface area (Å²) in [6.45, 7) is 21.1. The van der Waals surface area contributed by atoms with Gasteiger partial charge in [0.25, 0.3) is 0 Å². The van der Waals surface area contributed by atoms with Crippen molar-refractivity contribution in [2.45, 2.75) is 66.1 Å². The Morgan fingerprint density at radius 1 is 0.295 bits per heavy atom. The van der Waals surface area contributed by atoms with E-state index in [1.54, 1.807) is 37.2 Å². The molecule has 20 rings (SSSR count). The Balaban J connectivity index is 0.000000139. The van der Waals surface area contributed by atoms with E-state index in [0.717, 1.165) is 123 Å². The summed E-state index contributed by atoms with van der Waals surface area (Å²) in [5, 5.41) is 13.1. The Morgan fingerprint density at radius 3 is 1.14 bits per heavy atom. The molecule has 0 bridgehead atoms. The predicted molar refractivity (Wildman–Crippen MR) is 494 cm³/mol. The molecule has 8 aromatic carbocycles. The first-order chi connectivity index (χ1) is 58.0. The van der Waals surface area contributed by atoms with E-state index in [1.165, 1.54) is 31.5 Å². The Kier molecular flexibility index (Phi) is 30.5. The summed E-state index contributed by atoms with van der Waals surface area (Å²) in [6.07, 6.45) is 17.8. The first-order valence-corrected chi connectivity index (χ1v) is 49.2. The molecule has 0 aliphatic rings. The zero-order chi connectivity index (χ0) is 82.1. The molecule has 0 amide bonds. The van der Waals surface area contributed by atoms with E-state index in [-0.39, 0.29) is 60.3 Å². The largest absolute Gasteiger partial charge is 0.486 e. The van der Waals surface area contributed by atoms with E-state index in [1.807, 2.05) is 200 Å². The summed E-state index contributed by atoms with van der Waals surface area (Å²) < 4.78 is 17.6. The molecule has 0 saturated carbocycles. The standard InChI is InChI=1S/C28H27N2OSi.C24H19N2OSi.C19H17N2OSi.3C11H8N.3Ir/c1-19(2)15-21-17-25(30-18-27(21)32(3,4)22-9-6-5-7-10-22)20-12-13-26-24(16-20)23-11-8-14-29-28(23)31-26;1-28(2,18-7-4-3-5-8-18)19-11-12-22(26-16-19)17-10-13-23-21(15-17)20-9-6-14-25-24(20)27-23;1-23(2,3)13-9-10-17(21-12-13)16-7-4-6-14-15-8-5-11-20-19(15)22-18(14)16;3*1-2-6-10(7-3-1)11-8-4-5-9-12-11;;;/h5-11,13-14,16-19H,15H2,1-4H3;3-9,11-16H,1-2H3;4-6,8-12H,1-3H3;3*1-6,8-9H;;;/q6*-1;;;. The van der Waals surface area contributed by atoms with Crippen LogP contribution in [0.4, 0.5) is 0 Å². The van der Waals surface area contributed by atoms with Crippen LogP contribution in [0.1, 0.15) is 19.4 Å². The fourth-order valence-electron chi connectivity index (χ4n) is 14.2. The molecule has 0 saturated heterocycles. The molecule has 20 aromatic rings.